The van der Waals surface area contributed by atoms with E-state index < -0.39 is 0 Å². The molecule has 72 valence electrons. The molecule has 1 aliphatic rings. The van der Waals surface area contributed by atoms with Gasteiger partial charge in [-0.3, -0.25) is 0 Å². The first-order chi connectivity index (χ1) is 5.62. The van der Waals surface area contributed by atoms with Crippen molar-refractivity contribution in [2.75, 3.05) is 19.7 Å². The van der Waals surface area contributed by atoms with Crippen LogP contribution in [0.5, 0.6) is 0 Å². The maximum Gasteiger partial charge on any atom is 0.0779 e. The molecule has 1 heterocycles. The Morgan fingerprint density at radius 2 is 2.42 bits per heavy atom. The highest BCUT2D eigenvalue weighted by Gasteiger charge is 2.28. The lowest BCUT2D eigenvalue weighted by Crippen LogP contribution is -2.39. The van der Waals surface area contributed by atoms with E-state index in [4.69, 9.17) is 9.84 Å². The Morgan fingerprint density at radius 3 is 2.92 bits per heavy atom. The number of nitrogens with one attached hydrogen (secondary N) is 1. The van der Waals surface area contributed by atoms with Crippen LogP contribution in [0.25, 0.3) is 0 Å². The van der Waals surface area contributed by atoms with Gasteiger partial charge in [0.05, 0.1) is 11.7 Å². The van der Waals surface area contributed by atoms with Crippen LogP contribution in [0.1, 0.15) is 26.7 Å². The van der Waals surface area contributed by atoms with E-state index in [1.165, 1.54) is 0 Å². The lowest BCUT2D eigenvalue weighted by atomic mass is 10.0. The largest absolute Gasteiger partial charge is 0.392 e. The Labute approximate surface area is 74.1 Å². The molecular formula is C9H19NO2. The molecule has 1 aliphatic heterocycles. The van der Waals surface area contributed by atoms with E-state index >= 15 is 0 Å². The van der Waals surface area contributed by atoms with Gasteiger partial charge in [0.1, 0.15) is 0 Å². The highest BCUT2D eigenvalue weighted by molar-refractivity contribution is 4.82. The van der Waals surface area contributed by atoms with Gasteiger partial charge in [-0.15, -0.1) is 0 Å². The van der Waals surface area contributed by atoms with Crippen LogP contribution in [0, 0.1) is 0 Å². The summed E-state index contributed by atoms with van der Waals surface area (Å²) in [6.45, 7) is 6.28. The van der Waals surface area contributed by atoms with Crippen molar-refractivity contribution in [2.45, 2.75) is 38.4 Å². The van der Waals surface area contributed by atoms with Crippen LogP contribution >= 0.6 is 0 Å². The van der Waals surface area contributed by atoms with E-state index in [1.807, 2.05) is 0 Å². The summed E-state index contributed by atoms with van der Waals surface area (Å²) in [4.78, 5) is 0. The zero-order valence-corrected chi connectivity index (χ0v) is 7.97. The number of ether oxygens (including phenoxy) is 1. The van der Waals surface area contributed by atoms with Crippen LogP contribution in [0.2, 0.25) is 0 Å². The third-order valence-electron chi connectivity index (χ3n) is 2.24. The van der Waals surface area contributed by atoms with Gasteiger partial charge in [-0.2, -0.15) is 0 Å². The summed E-state index contributed by atoms with van der Waals surface area (Å²) < 4.78 is 5.58. The molecule has 0 amide bonds. The molecule has 1 saturated heterocycles. The second-order valence-electron chi connectivity index (χ2n) is 3.88. The average molecular weight is 173 g/mol. The monoisotopic (exact) mass is 173 g/mol. The number of aliphatic hydroxyl groups excluding tert-OH is 1. The van der Waals surface area contributed by atoms with E-state index in [2.05, 4.69) is 12.2 Å². The van der Waals surface area contributed by atoms with Crippen LogP contribution in [-0.2, 0) is 4.74 Å². The number of hydrogen-bond donors (Lipinski definition) is 2. The number of rotatable bonds is 4. The molecule has 3 heteroatoms. The Morgan fingerprint density at radius 1 is 1.67 bits per heavy atom. The molecule has 1 rings (SSSR count). The maximum atomic E-state index is 9.01. The minimum Gasteiger partial charge on any atom is -0.392 e. The molecule has 2 N–H and O–H groups in total. The SMILES string of the molecule is C[C@@H](O)CNCC1(C)CCCO1. The molecule has 0 spiro atoms. The van der Waals surface area contributed by atoms with Crippen molar-refractivity contribution in [3.63, 3.8) is 0 Å². The van der Waals surface area contributed by atoms with Crippen LogP contribution < -0.4 is 5.32 Å². The third kappa shape index (κ3) is 3.09. The Hall–Kier alpha value is -0.120. The quantitative estimate of drug-likeness (QED) is 0.651. The molecule has 0 radical (unpaired) electrons. The molecule has 12 heavy (non-hydrogen) atoms. The van der Waals surface area contributed by atoms with Crippen molar-refractivity contribution in [3.8, 4) is 0 Å². The van der Waals surface area contributed by atoms with Crippen LogP contribution in [0.3, 0.4) is 0 Å². The highest BCUT2D eigenvalue weighted by atomic mass is 16.5. The van der Waals surface area contributed by atoms with Crippen molar-refractivity contribution < 1.29 is 9.84 Å². The van der Waals surface area contributed by atoms with Crippen LogP contribution in [-0.4, -0.2) is 36.5 Å². The van der Waals surface area contributed by atoms with Gasteiger partial charge in [0, 0.05) is 19.7 Å². The number of hydrogen-bond acceptors (Lipinski definition) is 3. The van der Waals surface area contributed by atoms with Gasteiger partial charge in [-0.25, -0.2) is 0 Å². The topological polar surface area (TPSA) is 41.5 Å². The Kier molecular flexibility index (Phi) is 3.50. The standard InChI is InChI=1S/C9H19NO2/c1-8(11)6-10-7-9(2)4-3-5-12-9/h8,10-11H,3-7H2,1-2H3/t8-,9?/m1/s1. The van der Waals surface area contributed by atoms with Crippen molar-refractivity contribution >= 4 is 0 Å². The predicted octanol–water partition coefficient (Wildman–Crippen LogP) is 0.526. The molecule has 1 unspecified atom stereocenters. The first-order valence-electron chi connectivity index (χ1n) is 4.65. The van der Waals surface area contributed by atoms with Crippen LogP contribution in [0.4, 0.5) is 0 Å². The number of aliphatic hydroxyl groups is 1. The zero-order chi connectivity index (χ0) is 9.03. The van der Waals surface area contributed by atoms with E-state index in [-0.39, 0.29) is 11.7 Å². The molecule has 1 fully saturated rings. The summed E-state index contributed by atoms with van der Waals surface area (Å²) in [7, 11) is 0. The molecule has 0 aromatic heterocycles. The minimum atomic E-state index is -0.269. The van der Waals surface area contributed by atoms with Crippen molar-refractivity contribution in [1.82, 2.24) is 5.32 Å². The van der Waals surface area contributed by atoms with E-state index in [1.54, 1.807) is 6.92 Å². The summed E-state index contributed by atoms with van der Waals surface area (Å²) in [5.74, 6) is 0. The van der Waals surface area contributed by atoms with Gasteiger partial charge in [-0.05, 0) is 26.7 Å². The Balaban J connectivity index is 2.13. The zero-order valence-electron chi connectivity index (χ0n) is 7.97. The fraction of sp³-hybridized carbons (Fsp3) is 1.00. The van der Waals surface area contributed by atoms with Crippen molar-refractivity contribution in [1.29, 1.82) is 0 Å². The molecule has 0 aromatic rings. The minimum absolute atomic E-state index is 0.00882. The summed E-state index contributed by atoms with van der Waals surface area (Å²) in [6, 6.07) is 0. The second kappa shape index (κ2) is 4.21. The van der Waals surface area contributed by atoms with E-state index in [0.717, 1.165) is 26.0 Å². The van der Waals surface area contributed by atoms with Gasteiger partial charge < -0.3 is 15.2 Å². The predicted molar refractivity (Wildman–Crippen MR) is 48.1 cm³/mol. The summed E-state index contributed by atoms with van der Waals surface area (Å²) in [5, 5.41) is 12.2. The fourth-order valence-electron chi connectivity index (χ4n) is 1.52. The lowest BCUT2D eigenvalue weighted by Gasteiger charge is -2.23. The highest BCUT2D eigenvalue weighted by Crippen LogP contribution is 2.23. The van der Waals surface area contributed by atoms with Crippen LogP contribution in [0.15, 0.2) is 0 Å². The first-order valence-corrected chi connectivity index (χ1v) is 4.65. The normalized spacial score (nSPS) is 32.2. The maximum absolute atomic E-state index is 9.01. The Bertz CT molecular complexity index is 130. The molecule has 0 saturated carbocycles. The average Bonchev–Trinajstić information content (AvgIpc) is 2.35. The van der Waals surface area contributed by atoms with Gasteiger partial charge >= 0.3 is 0 Å². The van der Waals surface area contributed by atoms with Gasteiger partial charge in [0.15, 0.2) is 0 Å². The molecular weight excluding hydrogens is 154 g/mol. The summed E-state index contributed by atoms with van der Waals surface area (Å²) in [5.41, 5.74) is 0.00882. The lowest BCUT2D eigenvalue weighted by molar-refractivity contribution is 0.0190. The fourth-order valence-corrected chi connectivity index (χ4v) is 1.52. The molecule has 0 aromatic carbocycles. The molecule has 0 aliphatic carbocycles. The van der Waals surface area contributed by atoms with Gasteiger partial charge in [0.25, 0.3) is 0 Å². The van der Waals surface area contributed by atoms with E-state index in [9.17, 15) is 0 Å². The first kappa shape index (κ1) is 9.96. The summed E-state index contributed by atoms with van der Waals surface area (Å²) >= 11 is 0. The third-order valence-corrected chi connectivity index (χ3v) is 2.24. The van der Waals surface area contributed by atoms with Crippen molar-refractivity contribution in [2.24, 2.45) is 0 Å². The van der Waals surface area contributed by atoms with Gasteiger partial charge in [0.2, 0.25) is 0 Å². The van der Waals surface area contributed by atoms with E-state index in [0.29, 0.717) is 6.54 Å². The molecule has 3 nitrogen and oxygen atoms in total. The molecule has 2 atom stereocenters. The molecule has 0 bridgehead atoms. The van der Waals surface area contributed by atoms with Crippen molar-refractivity contribution in [3.05, 3.63) is 0 Å². The summed E-state index contributed by atoms with van der Waals surface area (Å²) in [6.07, 6.45) is 2.02. The van der Waals surface area contributed by atoms with Gasteiger partial charge in [-0.1, -0.05) is 0 Å². The smallest absolute Gasteiger partial charge is 0.0779 e. The second-order valence-corrected chi connectivity index (χ2v) is 3.88.